The van der Waals surface area contributed by atoms with Crippen molar-refractivity contribution in [1.82, 2.24) is 9.47 Å². The van der Waals surface area contributed by atoms with E-state index in [1.54, 1.807) is 19.2 Å². The summed E-state index contributed by atoms with van der Waals surface area (Å²) in [6, 6.07) is 1.60. The number of aliphatic hydroxyl groups is 1. The van der Waals surface area contributed by atoms with E-state index in [0.29, 0.717) is 12.1 Å². The molecule has 2 N–H and O–H groups in total. The van der Waals surface area contributed by atoms with Gasteiger partial charge in [-0.05, 0) is 44.5 Å². The number of carbonyl (C=O) groups is 1. The number of rotatable bonds is 5. The molecule has 0 aromatic carbocycles. The third-order valence-corrected chi connectivity index (χ3v) is 3.91. The number of hydrogen-bond acceptors (Lipinski definition) is 4. The Morgan fingerprint density at radius 2 is 1.95 bits per heavy atom. The Hall–Kier alpha value is -1.66. The summed E-state index contributed by atoms with van der Waals surface area (Å²) in [5.41, 5.74) is -0.336. The fourth-order valence-electron chi connectivity index (χ4n) is 2.79. The van der Waals surface area contributed by atoms with Crippen LogP contribution in [0.2, 0.25) is 0 Å². The first-order valence-corrected chi connectivity index (χ1v) is 7.33. The molecule has 1 unspecified atom stereocenters. The van der Waals surface area contributed by atoms with E-state index >= 15 is 0 Å². The number of carboxylic acids is 1. The zero-order valence-electron chi connectivity index (χ0n) is 12.3. The molecule has 0 saturated carbocycles. The highest BCUT2D eigenvalue weighted by Gasteiger charge is 2.18. The molecule has 6 nitrogen and oxygen atoms in total. The highest BCUT2D eigenvalue weighted by atomic mass is 16.4. The van der Waals surface area contributed by atoms with Gasteiger partial charge in [-0.15, -0.1) is 0 Å². The van der Waals surface area contributed by atoms with Crippen LogP contribution in [-0.4, -0.2) is 51.4 Å². The topological polar surface area (TPSA) is 82.8 Å². The van der Waals surface area contributed by atoms with Crippen LogP contribution in [0.4, 0.5) is 0 Å². The van der Waals surface area contributed by atoms with Gasteiger partial charge in [0.2, 0.25) is 0 Å². The number of aliphatic hydroxyl groups excluding tert-OH is 1. The lowest BCUT2D eigenvalue weighted by Gasteiger charge is -2.28. The molecule has 21 heavy (non-hydrogen) atoms. The van der Waals surface area contributed by atoms with Gasteiger partial charge in [0.15, 0.2) is 0 Å². The molecular formula is C15H22N2O4. The van der Waals surface area contributed by atoms with Crippen LogP contribution in [0.5, 0.6) is 0 Å². The minimum Gasteiger partial charge on any atom is -0.477 e. The Bertz CT molecular complexity index is 561. The maximum atomic E-state index is 12.1. The molecule has 0 amide bonds. The number of β-amino-alcohol motifs (C(OH)–C–C–N with tert-alkyl or cyclic N) is 1. The molecule has 116 valence electrons. The third kappa shape index (κ3) is 3.92. The van der Waals surface area contributed by atoms with E-state index in [9.17, 15) is 14.7 Å². The van der Waals surface area contributed by atoms with Crippen LogP contribution in [-0.2, 0) is 6.54 Å². The summed E-state index contributed by atoms with van der Waals surface area (Å²) in [6.45, 7) is 4.18. The molecular weight excluding hydrogens is 272 g/mol. The number of aromatic carboxylic acids is 1. The van der Waals surface area contributed by atoms with E-state index < -0.39 is 17.6 Å². The first-order valence-electron chi connectivity index (χ1n) is 7.33. The maximum Gasteiger partial charge on any atom is 0.341 e. The number of aromatic nitrogens is 1. The van der Waals surface area contributed by atoms with E-state index in [1.165, 1.54) is 11.0 Å². The highest BCUT2D eigenvalue weighted by molar-refractivity contribution is 5.88. The van der Waals surface area contributed by atoms with Gasteiger partial charge >= 0.3 is 5.97 Å². The Labute approximate surface area is 123 Å². The second kappa shape index (κ2) is 6.87. The molecule has 6 heteroatoms. The minimum atomic E-state index is -1.22. The van der Waals surface area contributed by atoms with Crippen LogP contribution in [0.1, 0.15) is 35.2 Å². The predicted molar refractivity (Wildman–Crippen MR) is 78.7 cm³/mol. The van der Waals surface area contributed by atoms with Gasteiger partial charge in [-0.2, -0.15) is 0 Å². The average Bonchev–Trinajstić information content (AvgIpc) is 2.43. The lowest BCUT2D eigenvalue weighted by molar-refractivity contribution is 0.0689. The van der Waals surface area contributed by atoms with Crippen molar-refractivity contribution in [3.8, 4) is 0 Å². The van der Waals surface area contributed by atoms with Crippen LogP contribution >= 0.6 is 0 Å². The minimum absolute atomic E-state index is 0.121. The van der Waals surface area contributed by atoms with E-state index in [2.05, 4.69) is 4.90 Å². The van der Waals surface area contributed by atoms with Crippen LogP contribution < -0.4 is 5.56 Å². The summed E-state index contributed by atoms with van der Waals surface area (Å²) in [5.74, 6) is -1.22. The molecule has 1 atom stereocenters. The van der Waals surface area contributed by atoms with Gasteiger partial charge in [0.1, 0.15) is 5.56 Å². The summed E-state index contributed by atoms with van der Waals surface area (Å²) in [7, 11) is 0. The summed E-state index contributed by atoms with van der Waals surface area (Å²) in [5, 5.41) is 19.2. The molecule has 1 aliphatic rings. The standard InChI is InChI=1S/C15H22N2O4/c1-11-5-8-17(14(19)13(11)15(20)21)10-12(18)9-16-6-3-2-4-7-16/h5,8,12,18H,2-4,6-7,9-10H2,1H3,(H,20,21). The predicted octanol–water partition coefficient (Wildman–Crippen LogP) is 0.702. The Morgan fingerprint density at radius 3 is 2.57 bits per heavy atom. The summed E-state index contributed by atoms with van der Waals surface area (Å²) < 4.78 is 1.28. The van der Waals surface area contributed by atoms with Gasteiger partial charge in [0.05, 0.1) is 12.6 Å². The monoisotopic (exact) mass is 294 g/mol. The average molecular weight is 294 g/mol. The second-order valence-corrected chi connectivity index (χ2v) is 5.65. The lowest BCUT2D eigenvalue weighted by Crippen LogP contribution is -2.40. The number of piperidine rings is 1. The summed E-state index contributed by atoms with van der Waals surface area (Å²) in [6.07, 6.45) is 4.38. The van der Waals surface area contributed by atoms with Gasteiger partial charge < -0.3 is 19.7 Å². The van der Waals surface area contributed by atoms with Crippen molar-refractivity contribution in [3.63, 3.8) is 0 Å². The van der Waals surface area contributed by atoms with Crippen molar-refractivity contribution in [2.75, 3.05) is 19.6 Å². The first-order chi connectivity index (χ1) is 9.99. The molecule has 2 rings (SSSR count). The Morgan fingerprint density at radius 1 is 1.29 bits per heavy atom. The van der Waals surface area contributed by atoms with Gasteiger partial charge in [-0.1, -0.05) is 6.42 Å². The largest absolute Gasteiger partial charge is 0.477 e. The smallest absolute Gasteiger partial charge is 0.341 e. The quantitative estimate of drug-likeness (QED) is 0.835. The van der Waals surface area contributed by atoms with Crippen LogP contribution in [0.25, 0.3) is 0 Å². The molecule has 1 aromatic heterocycles. The number of carboxylic acid groups (broad SMARTS) is 1. The first kappa shape index (κ1) is 15.7. The molecule has 0 spiro atoms. The molecule has 0 aliphatic carbocycles. The van der Waals surface area contributed by atoms with E-state index in [-0.39, 0.29) is 12.1 Å². The van der Waals surface area contributed by atoms with Gasteiger partial charge in [0, 0.05) is 12.7 Å². The van der Waals surface area contributed by atoms with Crippen molar-refractivity contribution < 1.29 is 15.0 Å². The van der Waals surface area contributed by atoms with Crippen molar-refractivity contribution in [2.45, 2.75) is 38.8 Å². The zero-order chi connectivity index (χ0) is 15.4. The molecule has 2 heterocycles. The van der Waals surface area contributed by atoms with Crippen LogP contribution in [0, 0.1) is 6.92 Å². The Kier molecular flexibility index (Phi) is 5.14. The molecule has 1 aromatic rings. The lowest BCUT2D eigenvalue weighted by atomic mass is 10.1. The number of nitrogens with zero attached hydrogens (tertiary/aromatic N) is 2. The van der Waals surface area contributed by atoms with E-state index in [4.69, 9.17) is 5.11 Å². The van der Waals surface area contributed by atoms with Gasteiger partial charge in [-0.3, -0.25) is 4.79 Å². The van der Waals surface area contributed by atoms with E-state index in [1.807, 2.05) is 0 Å². The normalized spacial score (nSPS) is 17.6. The fraction of sp³-hybridized carbons (Fsp3) is 0.600. The number of hydrogen-bond donors (Lipinski definition) is 2. The fourth-order valence-corrected chi connectivity index (χ4v) is 2.79. The summed E-state index contributed by atoms with van der Waals surface area (Å²) >= 11 is 0. The molecule has 1 saturated heterocycles. The van der Waals surface area contributed by atoms with E-state index in [0.717, 1.165) is 25.9 Å². The molecule has 1 aliphatic heterocycles. The molecule has 0 bridgehead atoms. The SMILES string of the molecule is Cc1ccn(CC(O)CN2CCCCC2)c(=O)c1C(=O)O. The summed E-state index contributed by atoms with van der Waals surface area (Å²) in [4.78, 5) is 25.4. The van der Waals surface area contributed by atoms with Crippen LogP contribution in [0.3, 0.4) is 0 Å². The van der Waals surface area contributed by atoms with Gasteiger partial charge in [0.25, 0.3) is 5.56 Å². The number of aryl methyl sites for hydroxylation is 1. The maximum absolute atomic E-state index is 12.1. The highest BCUT2D eigenvalue weighted by Crippen LogP contribution is 2.09. The Balaban J connectivity index is 2.07. The second-order valence-electron chi connectivity index (χ2n) is 5.65. The van der Waals surface area contributed by atoms with Gasteiger partial charge in [-0.25, -0.2) is 4.79 Å². The molecule has 1 fully saturated rings. The van der Waals surface area contributed by atoms with Crippen molar-refractivity contribution in [3.05, 3.63) is 33.7 Å². The third-order valence-electron chi connectivity index (χ3n) is 3.91. The molecule has 0 radical (unpaired) electrons. The van der Waals surface area contributed by atoms with Crippen LogP contribution in [0.15, 0.2) is 17.1 Å². The van der Waals surface area contributed by atoms with Crippen molar-refractivity contribution in [2.24, 2.45) is 0 Å². The number of likely N-dealkylation sites (tertiary alicyclic amines) is 1. The zero-order valence-corrected chi connectivity index (χ0v) is 12.3. The van der Waals surface area contributed by atoms with Crippen molar-refractivity contribution in [1.29, 1.82) is 0 Å². The van der Waals surface area contributed by atoms with Crippen molar-refractivity contribution >= 4 is 5.97 Å². The number of pyridine rings is 1.